The Balaban J connectivity index is 1.40. The monoisotopic (exact) mass is 388 g/mol. The minimum atomic E-state index is -0.276. The van der Waals surface area contributed by atoms with Crippen molar-refractivity contribution in [1.29, 1.82) is 0 Å². The van der Waals surface area contributed by atoms with Crippen LogP contribution in [0.4, 0.5) is 10.5 Å². The number of carbonyl (C=O) groups excluding carboxylic acids is 2. The molecule has 1 N–H and O–H groups in total. The Bertz CT molecular complexity index is 667. The minimum absolute atomic E-state index is 0.0514. The molecule has 7 nitrogen and oxygen atoms in total. The molecule has 2 saturated heterocycles. The van der Waals surface area contributed by atoms with Gasteiger partial charge in [0.15, 0.2) is 0 Å². The number of hydrogen-bond acceptors (Lipinski definition) is 4. The van der Waals surface area contributed by atoms with Gasteiger partial charge in [0, 0.05) is 58.1 Å². The zero-order valence-corrected chi connectivity index (χ0v) is 17.0. The summed E-state index contributed by atoms with van der Waals surface area (Å²) in [6.45, 7) is 9.43. The smallest absolute Gasteiger partial charge is 0.317 e. The lowest BCUT2D eigenvalue weighted by molar-refractivity contribution is -0.142. The lowest BCUT2D eigenvalue weighted by atomic mass is 10.2. The van der Waals surface area contributed by atoms with Gasteiger partial charge >= 0.3 is 6.03 Å². The fourth-order valence-electron chi connectivity index (χ4n) is 3.81. The van der Waals surface area contributed by atoms with Crippen molar-refractivity contribution in [3.05, 3.63) is 29.8 Å². The Morgan fingerprint density at radius 2 is 1.96 bits per heavy atom. The number of aryl methyl sites for hydroxylation is 1. The van der Waals surface area contributed by atoms with E-state index in [1.54, 1.807) is 4.90 Å². The molecule has 3 amide bonds. The van der Waals surface area contributed by atoms with Gasteiger partial charge < -0.3 is 24.8 Å². The van der Waals surface area contributed by atoms with Crippen LogP contribution in [0.25, 0.3) is 0 Å². The van der Waals surface area contributed by atoms with Crippen molar-refractivity contribution in [3.8, 4) is 0 Å². The van der Waals surface area contributed by atoms with Gasteiger partial charge in [0.05, 0.1) is 0 Å². The molecule has 2 fully saturated rings. The zero-order valence-electron chi connectivity index (χ0n) is 17.0. The Morgan fingerprint density at radius 1 is 1.21 bits per heavy atom. The van der Waals surface area contributed by atoms with Gasteiger partial charge in [-0.25, -0.2) is 4.79 Å². The first-order valence-corrected chi connectivity index (χ1v) is 10.3. The fourth-order valence-corrected chi connectivity index (χ4v) is 3.81. The van der Waals surface area contributed by atoms with Crippen LogP contribution in [0.2, 0.25) is 0 Å². The van der Waals surface area contributed by atoms with E-state index in [-0.39, 0.29) is 18.0 Å². The molecule has 7 heteroatoms. The number of nitrogens with zero attached hydrogens (tertiary/aromatic N) is 3. The molecular weight excluding hydrogens is 356 g/mol. The average Bonchev–Trinajstić information content (AvgIpc) is 3.25. The normalized spacial score (nSPS) is 19.6. The zero-order chi connectivity index (χ0) is 19.9. The maximum atomic E-state index is 12.5. The molecule has 28 heavy (non-hydrogen) atoms. The van der Waals surface area contributed by atoms with Crippen LogP contribution >= 0.6 is 0 Å². The van der Waals surface area contributed by atoms with Crippen LogP contribution in [0.3, 0.4) is 0 Å². The van der Waals surface area contributed by atoms with E-state index in [4.69, 9.17) is 4.74 Å². The van der Waals surface area contributed by atoms with Gasteiger partial charge in [0.1, 0.15) is 6.10 Å². The highest BCUT2D eigenvalue weighted by Gasteiger charge is 2.31. The van der Waals surface area contributed by atoms with E-state index in [1.165, 1.54) is 11.3 Å². The molecule has 0 bridgehead atoms. The molecule has 1 atom stereocenters. The molecule has 154 valence electrons. The summed E-state index contributed by atoms with van der Waals surface area (Å²) in [6, 6.07) is 8.36. The van der Waals surface area contributed by atoms with Gasteiger partial charge in [-0.1, -0.05) is 12.1 Å². The fraction of sp³-hybridized carbons (Fsp3) is 0.619. The Labute approximate surface area is 167 Å². The number of nitrogens with one attached hydrogen (secondary N) is 1. The summed E-state index contributed by atoms with van der Waals surface area (Å²) in [5.41, 5.74) is 2.41. The third kappa shape index (κ3) is 5.16. The van der Waals surface area contributed by atoms with Crippen molar-refractivity contribution in [2.45, 2.75) is 32.8 Å². The van der Waals surface area contributed by atoms with E-state index in [0.29, 0.717) is 39.3 Å². The van der Waals surface area contributed by atoms with Crippen molar-refractivity contribution >= 4 is 17.6 Å². The van der Waals surface area contributed by atoms with E-state index >= 15 is 0 Å². The number of ether oxygens (including phenoxy) is 1. The number of piperazine rings is 1. The highest BCUT2D eigenvalue weighted by atomic mass is 16.5. The van der Waals surface area contributed by atoms with Gasteiger partial charge in [-0.15, -0.1) is 0 Å². The topological polar surface area (TPSA) is 65.1 Å². The van der Waals surface area contributed by atoms with Crippen molar-refractivity contribution in [2.75, 3.05) is 57.3 Å². The van der Waals surface area contributed by atoms with E-state index in [0.717, 1.165) is 25.9 Å². The van der Waals surface area contributed by atoms with Crippen LogP contribution in [0.1, 0.15) is 25.3 Å². The van der Waals surface area contributed by atoms with Gasteiger partial charge in [-0.3, -0.25) is 4.79 Å². The molecule has 0 aliphatic carbocycles. The number of benzene rings is 1. The van der Waals surface area contributed by atoms with Gasteiger partial charge in [-0.2, -0.15) is 0 Å². The molecule has 0 aromatic heterocycles. The maximum Gasteiger partial charge on any atom is 0.317 e. The van der Waals surface area contributed by atoms with Gasteiger partial charge in [0.25, 0.3) is 5.91 Å². The summed E-state index contributed by atoms with van der Waals surface area (Å²) < 4.78 is 5.48. The summed E-state index contributed by atoms with van der Waals surface area (Å²) in [6.07, 6.45) is 1.49. The van der Waals surface area contributed by atoms with Crippen LogP contribution in [0.15, 0.2) is 24.3 Å². The second-order valence-corrected chi connectivity index (χ2v) is 7.46. The van der Waals surface area contributed by atoms with Crippen LogP contribution in [0, 0.1) is 6.92 Å². The third-order valence-corrected chi connectivity index (χ3v) is 5.49. The maximum absolute atomic E-state index is 12.5. The van der Waals surface area contributed by atoms with Crippen LogP contribution in [-0.2, 0) is 9.53 Å². The van der Waals surface area contributed by atoms with Gasteiger partial charge in [0.2, 0.25) is 0 Å². The number of urea groups is 1. The first kappa shape index (κ1) is 20.5. The molecule has 2 heterocycles. The molecule has 0 saturated carbocycles. The third-order valence-electron chi connectivity index (χ3n) is 5.49. The number of anilines is 1. The molecule has 2 aliphatic heterocycles. The molecule has 1 aromatic rings. The summed E-state index contributed by atoms with van der Waals surface area (Å²) in [4.78, 5) is 30.7. The standard InChI is InChI=1S/C21H32N4O3/c1-3-23(18-7-4-6-17(2)16-18)10-9-22-21(27)25-13-11-24(12-14-25)20(26)19-8-5-15-28-19/h4,6-7,16,19H,3,5,8-15H2,1-2H3,(H,22,27). The van der Waals surface area contributed by atoms with E-state index < -0.39 is 0 Å². The second-order valence-electron chi connectivity index (χ2n) is 7.46. The summed E-state index contributed by atoms with van der Waals surface area (Å²) in [7, 11) is 0. The Morgan fingerprint density at radius 3 is 2.61 bits per heavy atom. The number of carbonyl (C=O) groups is 2. The number of amides is 3. The summed E-state index contributed by atoms with van der Waals surface area (Å²) in [5.74, 6) is 0.0781. The molecule has 1 aromatic carbocycles. The van der Waals surface area contributed by atoms with Crippen molar-refractivity contribution in [3.63, 3.8) is 0 Å². The van der Waals surface area contributed by atoms with Crippen molar-refractivity contribution < 1.29 is 14.3 Å². The van der Waals surface area contributed by atoms with E-state index in [9.17, 15) is 9.59 Å². The van der Waals surface area contributed by atoms with Crippen LogP contribution < -0.4 is 10.2 Å². The second kappa shape index (κ2) is 9.78. The van der Waals surface area contributed by atoms with Gasteiger partial charge in [-0.05, 0) is 44.4 Å². The molecule has 3 rings (SSSR count). The lowest BCUT2D eigenvalue weighted by Crippen LogP contribution is -2.55. The highest BCUT2D eigenvalue weighted by molar-refractivity contribution is 5.81. The average molecular weight is 389 g/mol. The molecule has 0 radical (unpaired) electrons. The molecule has 1 unspecified atom stereocenters. The quantitative estimate of drug-likeness (QED) is 0.808. The minimum Gasteiger partial charge on any atom is -0.370 e. The van der Waals surface area contributed by atoms with Crippen molar-refractivity contribution in [2.24, 2.45) is 0 Å². The highest BCUT2D eigenvalue weighted by Crippen LogP contribution is 2.16. The van der Waals surface area contributed by atoms with E-state index in [1.807, 2.05) is 4.90 Å². The largest absolute Gasteiger partial charge is 0.370 e. The van der Waals surface area contributed by atoms with E-state index in [2.05, 4.69) is 48.3 Å². The molecular formula is C21H32N4O3. The van der Waals surface area contributed by atoms with Crippen LogP contribution in [0.5, 0.6) is 0 Å². The number of rotatable bonds is 6. The predicted molar refractivity (Wildman–Crippen MR) is 110 cm³/mol. The van der Waals surface area contributed by atoms with Crippen LogP contribution in [-0.4, -0.2) is 80.3 Å². The summed E-state index contributed by atoms with van der Waals surface area (Å²) in [5, 5.41) is 3.02. The SMILES string of the molecule is CCN(CCNC(=O)N1CCN(C(=O)C2CCCO2)CC1)c1cccc(C)c1. The van der Waals surface area contributed by atoms with Crippen molar-refractivity contribution in [1.82, 2.24) is 15.1 Å². The molecule has 2 aliphatic rings. The Hall–Kier alpha value is -2.28. The lowest BCUT2D eigenvalue weighted by Gasteiger charge is -2.35. The predicted octanol–water partition coefficient (Wildman–Crippen LogP) is 1.85. The first-order chi connectivity index (χ1) is 13.6. The summed E-state index contributed by atoms with van der Waals surface area (Å²) >= 11 is 0. The number of likely N-dealkylation sites (N-methyl/N-ethyl adjacent to an activating group) is 1. The molecule has 0 spiro atoms. The number of hydrogen-bond donors (Lipinski definition) is 1. The Kier molecular flexibility index (Phi) is 7.14. The first-order valence-electron chi connectivity index (χ1n) is 10.3.